The molecule has 2 aromatic carbocycles. The van der Waals surface area contributed by atoms with E-state index in [1.54, 1.807) is 12.1 Å². The fourth-order valence-corrected chi connectivity index (χ4v) is 2.39. The molecule has 0 aromatic heterocycles. The summed E-state index contributed by atoms with van der Waals surface area (Å²) in [6, 6.07) is 12.0. The Balaban J connectivity index is 1.96. The summed E-state index contributed by atoms with van der Waals surface area (Å²) in [5, 5.41) is 2.83. The number of nitrogens with one attached hydrogen (secondary N) is 1. The first kappa shape index (κ1) is 17.0. The highest BCUT2D eigenvalue weighted by atomic mass is 19.1. The SMILES string of the molecule is CC[C@H](Oc1cc(C)cc(C)c1)C(=O)NCc1ccc(F)cc1. The molecule has 4 heteroatoms. The van der Waals surface area contributed by atoms with Crippen LogP contribution in [0.15, 0.2) is 42.5 Å². The van der Waals surface area contributed by atoms with Gasteiger partial charge in [0, 0.05) is 6.54 Å². The molecule has 0 saturated heterocycles. The van der Waals surface area contributed by atoms with E-state index in [0.29, 0.717) is 18.7 Å². The molecule has 0 saturated carbocycles. The maximum Gasteiger partial charge on any atom is 0.261 e. The molecule has 0 fully saturated rings. The van der Waals surface area contributed by atoms with E-state index in [2.05, 4.69) is 11.4 Å². The van der Waals surface area contributed by atoms with Gasteiger partial charge in [-0.2, -0.15) is 0 Å². The van der Waals surface area contributed by atoms with Crippen molar-refractivity contribution in [2.75, 3.05) is 0 Å². The number of ether oxygens (including phenoxy) is 1. The van der Waals surface area contributed by atoms with Crippen molar-refractivity contribution in [1.29, 1.82) is 0 Å². The molecule has 1 atom stereocenters. The molecule has 122 valence electrons. The number of rotatable bonds is 6. The number of halogens is 1. The number of aryl methyl sites for hydroxylation is 2. The van der Waals surface area contributed by atoms with Gasteiger partial charge in [0.05, 0.1) is 0 Å². The highest BCUT2D eigenvalue weighted by Crippen LogP contribution is 2.18. The highest BCUT2D eigenvalue weighted by molar-refractivity contribution is 5.81. The molecular weight excluding hydrogens is 293 g/mol. The van der Waals surface area contributed by atoms with Crippen molar-refractivity contribution < 1.29 is 13.9 Å². The lowest BCUT2D eigenvalue weighted by molar-refractivity contribution is -0.128. The van der Waals surface area contributed by atoms with Crippen molar-refractivity contribution >= 4 is 5.91 Å². The Hall–Kier alpha value is -2.36. The molecule has 0 aliphatic heterocycles. The molecule has 1 N–H and O–H groups in total. The van der Waals surface area contributed by atoms with Gasteiger partial charge < -0.3 is 10.1 Å². The summed E-state index contributed by atoms with van der Waals surface area (Å²) in [6.45, 7) is 6.25. The average Bonchev–Trinajstić information content (AvgIpc) is 2.51. The second-order valence-electron chi connectivity index (χ2n) is 5.68. The van der Waals surface area contributed by atoms with Crippen molar-refractivity contribution in [3.8, 4) is 5.75 Å². The predicted octanol–water partition coefficient (Wildman–Crippen LogP) is 3.92. The van der Waals surface area contributed by atoms with Crippen LogP contribution in [0.2, 0.25) is 0 Å². The van der Waals surface area contributed by atoms with Crippen LogP contribution < -0.4 is 10.1 Å². The summed E-state index contributed by atoms with van der Waals surface area (Å²) in [6.07, 6.45) is 0.0269. The van der Waals surface area contributed by atoms with Crippen LogP contribution in [0.25, 0.3) is 0 Å². The van der Waals surface area contributed by atoms with Crippen LogP contribution in [-0.2, 0) is 11.3 Å². The quantitative estimate of drug-likeness (QED) is 0.877. The maximum absolute atomic E-state index is 12.9. The average molecular weight is 315 g/mol. The minimum Gasteiger partial charge on any atom is -0.481 e. The van der Waals surface area contributed by atoms with Gasteiger partial charge in [-0.3, -0.25) is 4.79 Å². The van der Waals surface area contributed by atoms with Crippen LogP contribution in [-0.4, -0.2) is 12.0 Å². The highest BCUT2D eigenvalue weighted by Gasteiger charge is 2.18. The van der Waals surface area contributed by atoms with Crippen molar-refractivity contribution in [3.05, 3.63) is 65.0 Å². The number of carbonyl (C=O) groups excluding carboxylic acids is 1. The van der Waals surface area contributed by atoms with Crippen molar-refractivity contribution in [2.24, 2.45) is 0 Å². The fourth-order valence-electron chi connectivity index (χ4n) is 2.39. The molecule has 0 heterocycles. The lowest BCUT2D eigenvalue weighted by atomic mass is 10.1. The van der Waals surface area contributed by atoms with Crippen molar-refractivity contribution in [2.45, 2.75) is 39.8 Å². The van der Waals surface area contributed by atoms with Crippen LogP contribution in [0.4, 0.5) is 4.39 Å². The van der Waals surface area contributed by atoms with Gasteiger partial charge in [-0.15, -0.1) is 0 Å². The van der Waals surface area contributed by atoms with Crippen molar-refractivity contribution in [3.63, 3.8) is 0 Å². The van der Waals surface area contributed by atoms with Gasteiger partial charge in [0.1, 0.15) is 11.6 Å². The van der Waals surface area contributed by atoms with Crippen molar-refractivity contribution in [1.82, 2.24) is 5.32 Å². The lowest BCUT2D eigenvalue weighted by Crippen LogP contribution is -2.37. The molecule has 0 aliphatic carbocycles. The Morgan fingerprint density at radius 3 is 2.30 bits per heavy atom. The standard InChI is InChI=1S/C19H22FNO2/c1-4-18(23-17-10-13(2)9-14(3)11-17)19(22)21-12-15-5-7-16(20)8-6-15/h5-11,18H,4,12H2,1-3H3,(H,21,22)/t18-/m0/s1. The molecule has 0 bridgehead atoms. The van der Waals surface area contributed by atoms with Gasteiger partial charge in [0.25, 0.3) is 5.91 Å². The molecule has 2 rings (SSSR count). The molecule has 0 radical (unpaired) electrons. The van der Waals surface area contributed by atoms with Crippen LogP contribution in [0.5, 0.6) is 5.75 Å². The number of amides is 1. The zero-order valence-corrected chi connectivity index (χ0v) is 13.7. The van der Waals surface area contributed by atoms with Gasteiger partial charge in [-0.05, 0) is 61.2 Å². The van der Waals surface area contributed by atoms with Gasteiger partial charge in [-0.25, -0.2) is 4.39 Å². The van der Waals surface area contributed by atoms with E-state index in [1.807, 2.05) is 32.9 Å². The monoisotopic (exact) mass is 315 g/mol. The number of carbonyl (C=O) groups is 1. The number of hydrogen-bond acceptors (Lipinski definition) is 2. The van der Waals surface area contributed by atoms with Gasteiger partial charge >= 0.3 is 0 Å². The Morgan fingerprint density at radius 1 is 1.13 bits per heavy atom. The summed E-state index contributed by atoms with van der Waals surface area (Å²) in [4.78, 5) is 12.3. The summed E-state index contributed by atoms with van der Waals surface area (Å²) >= 11 is 0. The van der Waals surface area contributed by atoms with E-state index >= 15 is 0 Å². The minimum atomic E-state index is -0.545. The van der Waals surface area contributed by atoms with E-state index < -0.39 is 6.10 Å². The van der Waals surface area contributed by atoms with Crippen LogP contribution >= 0.6 is 0 Å². The Morgan fingerprint density at radius 2 is 1.74 bits per heavy atom. The van der Waals surface area contributed by atoms with Crippen LogP contribution in [0, 0.1) is 19.7 Å². The number of hydrogen-bond donors (Lipinski definition) is 1. The third-order valence-electron chi connectivity index (χ3n) is 3.52. The first-order valence-corrected chi connectivity index (χ1v) is 7.75. The lowest BCUT2D eigenvalue weighted by Gasteiger charge is -2.18. The largest absolute Gasteiger partial charge is 0.481 e. The van der Waals surface area contributed by atoms with Gasteiger partial charge in [0.2, 0.25) is 0 Å². The third kappa shape index (κ3) is 5.09. The van der Waals surface area contributed by atoms with E-state index in [0.717, 1.165) is 16.7 Å². The first-order chi connectivity index (χ1) is 11.0. The molecule has 3 nitrogen and oxygen atoms in total. The molecule has 0 spiro atoms. The molecule has 2 aromatic rings. The van der Waals surface area contributed by atoms with E-state index in [-0.39, 0.29) is 11.7 Å². The first-order valence-electron chi connectivity index (χ1n) is 7.75. The molecule has 23 heavy (non-hydrogen) atoms. The summed E-state index contributed by atoms with van der Waals surface area (Å²) in [5.41, 5.74) is 3.05. The molecular formula is C19H22FNO2. The molecule has 0 unspecified atom stereocenters. The van der Waals surface area contributed by atoms with Crippen LogP contribution in [0.3, 0.4) is 0 Å². The summed E-state index contributed by atoms with van der Waals surface area (Å²) < 4.78 is 18.7. The van der Waals surface area contributed by atoms with E-state index in [1.165, 1.54) is 12.1 Å². The van der Waals surface area contributed by atoms with E-state index in [4.69, 9.17) is 4.74 Å². The van der Waals surface area contributed by atoms with Crippen LogP contribution in [0.1, 0.15) is 30.0 Å². The fraction of sp³-hybridized carbons (Fsp3) is 0.316. The Labute approximate surface area is 136 Å². The van der Waals surface area contributed by atoms with Gasteiger partial charge in [-0.1, -0.05) is 25.1 Å². The second kappa shape index (κ2) is 7.77. The van der Waals surface area contributed by atoms with Gasteiger partial charge in [0.15, 0.2) is 6.10 Å². The predicted molar refractivity (Wildman–Crippen MR) is 88.9 cm³/mol. The summed E-state index contributed by atoms with van der Waals surface area (Å²) in [5.74, 6) is 0.243. The zero-order valence-electron chi connectivity index (χ0n) is 13.7. The Kier molecular flexibility index (Phi) is 5.74. The second-order valence-corrected chi connectivity index (χ2v) is 5.68. The molecule has 1 amide bonds. The molecule has 0 aliphatic rings. The summed E-state index contributed by atoms with van der Waals surface area (Å²) in [7, 11) is 0. The Bertz CT molecular complexity index is 647. The topological polar surface area (TPSA) is 38.3 Å². The van der Waals surface area contributed by atoms with E-state index in [9.17, 15) is 9.18 Å². The normalized spacial score (nSPS) is 11.8. The number of benzene rings is 2. The minimum absolute atomic E-state index is 0.170. The zero-order chi connectivity index (χ0) is 16.8. The maximum atomic E-state index is 12.9. The smallest absolute Gasteiger partial charge is 0.261 e. The third-order valence-corrected chi connectivity index (χ3v) is 3.52.